The third-order valence-electron chi connectivity index (χ3n) is 2.47. The van der Waals surface area contributed by atoms with Crippen molar-refractivity contribution in [2.75, 3.05) is 6.61 Å². The van der Waals surface area contributed by atoms with Crippen molar-refractivity contribution in [2.24, 2.45) is 0 Å². The summed E-state index contributed by atoms with van der Waals surface area (Å²) in [4.78, 5) is 12.0. The zero-order chi connectivity index (χ0) is 12.8. The lowest BCUT2D eigenvalue weighted by molar-refractivity contribution is 0.0993. The number of aliphatic hydroxyl groups excluding tert-OH is 1. The number of hydrogen-bond acceptors (Lipinski definition) is 3. The Morgan fingerprint density at radius 3 is 2.47 bits per heavy atom. The molecule has 1 aromatic rings. The van der Waals surface area contributed by atoms with Crippen molar-refractivity contribution >= 4 is 17.5 Å². The Kier molecular flexibility index (Phi) is 5.65. The molecule has 1 N–H and O–H groups in total. The minimum absolute atomic E-state index is 0.000195. The van der Waals surface area contributed by atoms with E-state index in [1.807, 2.05) is 13.8 Å². The second-order valence-electron chi connectivity index (χ2n) is 3.97. The molecule has 0 aromatic heterocycles. The molecule has 1 aromatic carbocycles. The van der Waals surface area contributed by atoms with Gasteiger partial charge < -0.3 is 5.11 Å². The van der Waals surface area contributed by atoms with E-state index in [9.17, 15) is 9.18 Å². The number of aliphatic hydroxyl groups is 1. The summed E-state index contributed by atoms with van der Waals surface area (Å²) in [7, 11) is 0. The molecule has 2 nitrogen and oxygen atoms in total. The van der Waals surface area contributed by atoms with Gasteiger partial charge in [-0.05, 0) is 37.6 Å². The van der Waals surface area contributed by atoms with E-state index in [2.05, 4.69) is 0 Å². The van der Waals surface area contributed by atoms with Crippen LogP contribution in [0.1, 0.15) is 30.6 Å². The minimum atomic E-state index is -0.337. The molecule has 0 bridgehead atoms. The third-order valence-corrected chi connectivity index (χ3v) is 3.79. The number of Topliss-reactive ketones (excluding diaryl/α,β-unsaturated/α-hetero) is 1. The van der Waals surface area contributed by atoms with Crippen LogP contribution in [0.25, 0.3) is 0 Å². The first kappa shape index (κ1) is 14.2. The van der Waals surface area contributed by atoms with Crippen LogP contribution in [-0.2, 0) is 0 Å². The molecule has 4 heteroatoms. The molecule has 0 radical (unpaired) electrons. The van der Waals surface area contributed by atoms with Gasteiger partial charge in [0.05, 0.1) is 5.25 Å². The van der Waals surface area contributed by atoms with Crippen LogP contribution in [0, 0.1) is 5.82 Å². The minimum Gasteiger partial charge on any atom is -0.396 e. The first-order valence-electron chi connectivity index (χ1n) is 5.60. The van der Waals surface area contributed by atoms with Gasteiger partial charge in [0.1, 0.15) is 5.82 Å². The van der Waals surface area contributed by atoms with Gasteiger partial charge in [0.15, 0.2) is 5.78 Å². The van der Waals surface area contributed by atoms with Crippen LogP contribution in [0.4, 0.5) is 4.39 Å². The predicted octanol–water partition coefficient (Wildman–Crippen LogP) is 2.90. The van der Waals surface area contributed by atoms with Gasteiger partial charge in [0.25, 0.3) is 0 Å². The van der Waals surface area contributed by atoms with E-state index in [-0.39, 0.29) is 28.7 Å². The molecule has 0 aliphatic rings. The van der Waals surface area contributed by atoms with E-state index >= 15 is 0 Å². The molecule has 2 atom stereocenters. The smallest absolute Gasteiger partial charge is 0.175 e. The summed E-state index contributed by atoms with van der Waals surface area (Å²) in [6.07, 6.45) is 0.672. The zero-order valence-corrected chi connectivity index (χ0v) is 10.8. The van der Waals surface area contributed by atoms with Crippen LogP contribution in [-0.4, -0.2) is 28.0 Å². The normalized spacial score (nSPS) is 14.4. The van der Waals surface area contributed by atoms with Crippen molar-refractivity contribution in [3.63, 3.8) is 0 Å². The van der Waals surface area contributed by atoms with Crippen molar-refractivity contribution in [1.29, 1.82) is 0 Å². The van der Waals surface area contributed by atoms with Gasteiger partial charge in [-0.15, -0.1) is 11.8 Å². The molecule has 0 aliphatic carbocycles. The summed E-state index contributed by atoms with van der Waals surface area (Å²) in [6.45, 7) is 3.95. The standard InChI is InChI=1S/C13H17FO2S/c1-9(7-8-15)17-10(2)13(16)11-3-5-12(14)6-4-11/h3-6,9-10,15H,7-8H2,1-2H3. The maximum absolute atomic E-state index is 12.7. The van der Waals surface area contributed by atoms with Crippen LogP contribution in [0.15, 0.2) is 24.3 Å². The van der Waals surface area contributed by atoms with Gasteiger partial charge >= 0.3 is 0 Å². The summed E-state index contributed by atoms with van der Waals surface area (Å²) in [5.41, 5.74) is 0.530. The number of ketones is 1. The Morgan fingerprint density at radius 2 is 1.94 bits per heavy atom. The average molecular weight is 256 g/mol. The fraction of sp³-hybridized carbons (Fsp3) is 0.462. The first-order chi connectivity index (χ1) is 8.04. The Hall–Kier alpha value is -0.870. The number of benzene rings is 1. The van der Waals surface area contributed by atoms with E-state index in [4.69, 9.17) is 5.11 Å². The van der Waals surface area contributed by atoms with E-state index in [0.29, 0.717) is 12.0 Å². The fourth-order valence-electron chi connectivity index (χ4n) is 1.51. The SMILES string of the molecule is CC(CCO)SC(C)C(=O)c1ccc(F)cc1. The van der Waals surface area contributed by atoms with E-state index < -0.39 is 0 Å². The van der Waals surface area contributed by atoms with Crippen LogP contribution in [0.3, 0.4) is 0 Å². The van der Waals surface area contributed by atoms with E-state index in [0.717, 1.165) is 0 Å². The molecular formula is C13H17FO2S. The molecule has 2 unspecified atom stereocenters. The molecule has 0 heterocycles. The Balaban J connectivity index is 2.60. The van der Waals surface area contributed by atoms with Crippen LogP contribution in [0.5, 0.6) is 0 Å². The second kappa shape index (κ2) is 6.77. The zero-order valence-electron chi connectivity index (χ0n) is 10.0. The topological polar surface area (TPSA) is 37.3 Å². The van der Waals surface area contributed by atoms with Crippen molar-refractivity contribution in [1.82, 2.24) is 0 Å². The molecule has 0 saturated carbocycles. The molecule has 17 heavy (non-hydrogen) atoms. The number of carbonyl (C=O) groups excluding carboxylic acids is 1. The Labute approximate surface area is 105 Å². The number of rotatable bonds is 6. The predicted molar refractivity (Wildman–Crippen MR) is 68.9 cm³/mol. The van der Waals surface area contributed by atoms with Crippen LogP contribution >= 0.6 is 11.8 Å². The molecule has 0 saturated heterocycles. The van der Waals surface area contributed by atoms with Crippen LogP contribution in [0.2, 0.25) is 0 Å². The van der Waals surface area contributed by atoms with E-state index in [1.54, 1.807) is 0 Å². The highest BCUT2D eigenvalue weighted by atomic mass is 32.2. The largest absolute Gasteiger partial charge is 0.396 e. The van der Waals surface area contributed by atoms with E-state index in [1.165, 1.54) is 36.0 Å². The quantitative estimate of drug-likeness (QED) is 0.795. The van der Waals surface area contributed by atoms with Crippen LogP contribution < -0.4 is 0 Å². The Morgan fingerprint density at radius 1 is 1.35 bits per heavy atom. The van der Waals surface area contributed by atoms with Crippen molar-refractivity contribution in [3.8, 4) is 0 Å². The number of halogens is 1. The highest BCUT2D eigenvalue weighted by molar-refractivity contribution is 8.01. The highest BCUT2D eigenvalue weighted by Gasteiger charge is 2.18. The lowest BCUT2D eigenvalue weighted by Crippen LogP contribution is -2.17. The summed E-state index contributed by atoms with van der Waals surface area (Å²) < 4.78 is 12.7. The van der Waals surface area contributed by atoms with Gasteiger partial charge in [-0.1, -0.05) is 6.92 Å². The molecule has 94 valence electrons. The van der Waals surface area contributed by atoms with Crippen molar-refractivity contribution < 1.29 is 14.3 Å². The monoisotopic (exact) mass is 256 g/mol. The maximum Gasteiger partial charge on any atom is 0.175 e. The highest BCUT2D eigenvalue weighted by Crippen LogP contribution is 2.23. The number of hydrogen-bond donors (Lipinski definition) is 1. The second-order valence-corrected chi connectivity index (χ2v) is 5.76. The Bertz CT molecular complexity index is 364. The van der Waals surface area contributed by atoms with Crippen molar-refractivity contribution in [3.05, 3.63) is 35.6 Å². The summed E-state index contributed by atoms with van der Waals surface area (Å²) in [5.74, 6) is -0.338. The van der Waals surface area contributed by atoms with Gasteiger partial charge in [0, 0.05) is 17.4 Å². The summed E-state index contributed by atoms with van der Waals surface area (Å²) >= 11 is 1.53. The van der Waals surface area contributed by atoms with Gasteiger partial charge in [0.2, 0.25) is 0 Å². The lowest BCUT2D eigenvalue weighted by Gasteiger charge is -2.15. The molecule has 0 amide bonds. The van der Waals surface area contributed by atoms with Crippen molar-refractivity contribution in [2.45, 2.75) is 30.8 Å². The summed E-state index contributed by atoms with van der Waals surface area (Å²) in [5, 5.41) is 8.85. The third kappa shape index (κ3) is 4.48. The lowest BCUT2D eigenvalue weighted by atomic mass is 10.1. The number of thioether (sulfide) groups is 1. The average Bonchev–Trinajstić information content (AvgIpc) is 2.29. The number of carbonyl (C=O) groups is 1. The van der Waals surface area contributed by atoms with Gasteiger partial charge in [-0.2, -0.15) is 0 Å². The maximum atomic E-state index is 12.7. The molecule has 1 rings (SSSR count). The summed E-state index contributed by atoms with van der Waals surface area (Å²) in [6, 6.07) is 5.60. The molecule has 0 aliphatic heterocycles. The fourth-order valence-corrected chi connectivity index (χ4v) is 2.71. The van der Waals surface area contributed by atoms with Gasteiger partial charge in [-0.3, -0.25) is 4.79 Å². The molecular weight excluding hydrogens is 239 g/mol. The molecule has 0 spiro atoms. The molecule has 0 fully saturated rings. The van der Waals surface area contributed by atoms with Gasteiger partial charge in [-0.25, -0.2) is 4.39 Å². The first-order valence-corrected chi connectivity index (χ1v) is 6.55.